The average Bonchev–Trinajstić information content (AvgIpc) is 3.77. The zero-order valence-electron chi connectivity index (χ0n) is 33.4. The highest BCUT2D eigenvalue weighted by Gasteiger charge is 2.35. The molecule has 12 rings (SSSR count). The van der Waals surface area contributed by atoms with Crippen LogP contribution in [0, 0.1) is 0 Å². The van der Waals surface area contributed by atoms with Crippen molar-refractivity contribution in [1.82, 2.24) is 14.5 Å². The molecular formula is C57H39N3. The summed E-state index contributed by atoms with van der Waals surface area (Å²) >= 11 is 0. The van der Waals surface area contributed by atoms with Crippen LogP contribution < -0.4 is 0 Å². The number of nitrogens with zero attached hydrogens (tertiary/aromatic N) is 3. The summed E-state index contributed by atoms with van der Waals surface area (Å²) in [6.07, 6.45) is 0. The van der Waals surface area contributed by atoms with Gasteiger partial charge >= 0.3 is 0 Å². The molecule has 3 nitrogen and oxygen atoms in total. The predicted molar refractivity (Wildman–Crippen MR) is 251 cm³/mol. The molecule has 282 valence electrons. The van der Waals surface area contributed by atoms with Crippen LogP contribution in [0.25, 0.3) is 105 Å². The van der Waals surface area contributed by atoms with Crippen LogP contribution in [0.2, 0.25) is 0 Å². The van der Waals surface area contributed by atoms with Gasteiger partial charge in [0.1, 0.15) is 0 Å². The van der Waals surface area contributed by atoms with Crippen molar-refractivity contribution < 1.29 is 0 Å². The normalized spacial score (nSPS) is 13.0. The zero-order chi connectivity index (χ0) is 40.0. The Morgan fingerprint density at radius 1 is 0.367 bits per heavy atom. The SMILES string of the molecule is CC1(C)c2ccccc2-c2cc(-c3cccc(-c4cccc(-c5cccc6c7ccc8ccccc8c7n(-c7nc(-c8ccccc8)c8ccccc8n7)c56)c4)c3)ccc21. The van der Waals surface area contributed by atoms with Gasteiger partial charge in [-0.05, 0) is 79.7 Å². The summed E-state index contributed by atoms with van der Waals surface area (Å²) in [5.74, 6) is 0.653. The molecular weight excluding hydrogens is 727 g/mol. The summed E-state index contributed by atoms with van der Waals surface area (Å²) in [4.78, 5) is 10.8. The van der Waals surface area contributed by atoms with Gasteiger partial charge in [0.05, 0.1) is 22.2 Å². The second-order valence-electron chi connectivity index (χ2n) is 16.6. The minimum atomic E-state index is -0.0149. The number of benzene rings is 9. The van der Waals surface area contributed by atoms with E-state index in [0.717, 1.165) is 44.3 Å². The van der Waals surface area contributed by atoms with Crippen molar-refractivity contribution >= 4 is 43.5 Å². The highest BCUT2D eigenvalue weighted by atomic mass is 15.2. The third-order valence-corrected chi connectivity index (χ3v) is 12.8. The molecule has 0 aliphatic heterocycles. The number of fused-ring (bicyclic) bond motifs is 9. The summed E-state index contributed by atoms with van der Waals surface area (Å²) in [5, 5.41) is 5.71. The van der Waals surface area contributed by atoms with Gasteiger partial charge in [-0.1, -0.05) is 190 Å². The van der Waals surface area contributed by atoms with E-state index in [0.29, 0.717) is 5.95 Å². The molecule has 1 aliphatic rings. The van der Waals surface area contributed by atoms with E-state index in [1.54, 1.807) is 0 Å². The minimum Gasteiger partial charge on any atom is -0.277 e. The molecule has 0 atom stereocenters. The molecule has 0 saturated carbocycles. The van der Waals surface area contributed by atoms with Gasteiger partial charge in [-0.3, -0.25) is 4.57 Å². The van der Waals surface area contributed by atoms with Crippen LogP contribution in [-0.2, 0) is 5.41 Å². The average molecular weight is 766 g/mol. The lowest BCUT2D eigenvalue weighted by molar-refractivity contribution is 0.660. The lowest BCUT2D eigenvalue weighted by Gasteiger charge is -2.21. The van der Waals surface area contributed by atoms with Crippen molar-refractivity contribution in [1.29, 1.82) is 0 Å². The van der Waals surface area contributed by atoms with Gasteiger partial charge in [0.15, 0.2) is 0 Å². The Bertz CT molecular complexity index is 3520. The van der Waals surface area contributed by atoms with E-state index < -0.39 is 0 Å². The van der Waals surface area contributed by atoms with Crippen LogP contribution >= 0.6 is 0 Å². The van der Waals surface area contributed by atoms with E-state index in [1.165, 1.54) is 66.1 Å². The van der Waals surface area contributed by atoms with Crippen molar-refractivity contribution in [3.8, 4) is 61.7 Å². The molecule has 60 heavy (non-hydrogen) atoms. The van der Waals surface area contributed by atoms with E-state index in [4.69, 9.17) is 9.97 Å². The smallest absolute Gasteiger partial charge is 0.235 e. The summed E-state index contributed by atoms with van der Waals surface area (Å²) in [6, 6.07) is 72.5. The number of para-hydroxylation sites is 2. The molecule has 0 N–H and O–H groups in total. The highest BCUT2D eigenvalue weighted by molar-refractivity contribution is 6.21. The first kappa shape index (κ1) is 34.4. The van der Waals surface area contributed by atoms with Crippen LogP contribution in [0.5, 0.6) is 0 Å². The first-order valence-corrected chi connectivity index (χ1v) is 20.7. The van der Waals surface area contributed by atoms with Crippen LogP contribution in [0.15, 0.2) is 200 Å². The molecule has 0 fully saturated rings. The molecule has 11 aromatic rings. The molecule has 1 aliphatic carbocycles. The molecule has 0 saturated heterocycles. The Kier molecular flexibility index (Phi) is 7.58. The molecule has 0 spiro atoms. The standard InChI is InChI=1S/C57H39N3/c1-57(2)50-27-10-8-23-45(50)49-35-41(30-32-51(49)57)39-19-12-18-38(33-39)40-20-13-21-42(34-40)44-25-14-26-46-47-31-29-36-15-6-7-22-43(36)54(47)60(55(44)46)56-58-52-28-11-9-24-48(52)53(59-56)37-16-4-3-5-17-37/h3-35H,1-2H3. The van der Waals surface area contributed by atoms with Gasteiger partial charge in [-0.15, -0.1) is 0 Å². The fourth-order valence-electron chi connectivity index (χ4n) is 9.88. The summed E-state index contributed by atoms with van der Waals surface area (Å²) in [6.45, 7) is 4.67. The van der Waals surface area contributed by atoms with E-state index in [1.807, 2.05) is 0 Å². The van der Waals surface area contributed by atoms with Gasteiger partial charge in [-0.25, -0.2) is 9.97 Å². The Hall–Kier alpha value is -7.62. The second kappa shape index (κ2) is 13.2. The van der Waals surface area contributed by atoms with E-state index in [2.05, 4.69) is 219 Å². The number of rotatable bonds is 5. The number of hydrogen-bond acceptors (Lipinski definition) is 2. The summed E-state index contributed by atoms with van der Waals surface area (Å²) in [5.41, 5.74) is 17.6. The third-order valence-electron chi connectivity index (χ3n) is 12.8. The molecule has 0 amide bonds. The van der Waals surface area contributed by atoms with Gasteiger partial charge in [0.25, 0.3) is 0 Å². The number of aromatic nitrogens is 3. The molecule has 3 heteroatoms. The monoisotopic (exact) mass is 765 g/mol. The molecule has 0 bridgehead atoms. The van der Waals surface area contributed by atoms with Crippen molar-refractivity contribution in [3.63, 3.8) is 0 Å². The van der Waals surface area contributed by atoms with E-state index in [9.17, 15) is 0 Å². The van der Waals surface area contributed by atoms with Gasteiger partial charge in [-0.2, -0.15) is 0 Å². The zero-order valence-corrected chi connectivity index (χ0v) is 33.4. The molecule has 0 radical (unpaired) electrons. The maximum absolute atomic E-state index is 5.45. The summed E-state index contributed by atoms with van der Waals surface area (Å²) < 4.78 is 2.32. The maximum atomic E-state index is 5.45. The van der Waals surface area contributed by atoms with Crippen LogP contribution in [-0.4, -0.2) is 14.5 Å². The minimum absolute atomic E-state index is 0.0149. The molecule has 0 unspecified atom stereocenters. The van der Waals surface area contributed by atoms with E-state index >= 15 is 0 Å². The first-order chi connectivity index (χ1) is 29.5. The van der Waals surface area contributed by atoms with Crippen LogP contribution in [0.3, 0.4) is 0 Å². The van der Waals surface area contributed by atoms with Gasteiger partial charge < -0.3 is 0 Å². The predicted octanol–water partition coefficient (Wildman–Crippen LogP) is 14.9. The maximum Gasteiger partial charge on any atom is 0.235 e. The lowest BCUT2D eigenvalue weighted by atomic mass is 9.82. The topological polar surface area (TPSA) is 30.7 Å². The quantitative estimate of drug-likeness (QED) is 0.175. The van der Waals surface area contributed by atoms with Crippen LogP contribution in [0.4, 0.5) is 0 Å². The Morgan fingerprint density at radius 2 is 0.950 bits per heavy atom. The fourth-order valence-corrected chi connectivity index (χ4v) is 9.88. The fraction of sp³-hybridized carbons (Fsp3) is 0.0526. The molecule has 2 heterocycles. The third kappa shape index (κ3) is 5.22. The molecule has 9 aromatic carbocycles. The van der Waals surface area contributed by atoms with Crippen LogP contribution in [0.1, 0.15) is 25.0 Å². The summed E-state index contributed by atoms with van der Waals surface area (Å²) in [7, 11) is 0. The molecule has 2 aromatic heterocycles. The van der Waals surface area contributed by atoms with Crippen molar-refractivity contribution in [2.45, 2.75) is 19.3 Å². The first-order valence-electron chi connectivity index (χ1n) is 20.7. The Morgan fingerprint density at radius 3 is 1.78 bits per heavy atom. The second-order valence-corrected chi connectivity index (χ2v) is 16.6. The lowest BCUT2D eigenvalue weighted by Crippen LogP contribution is -2.14. The van der Waals surface area contributed by atoms with Gasteiger partial charge in [0, 0.05) is 38.1 Å². The Labute approximate surface area is 348 Å². The highest BCUT2D eigenvalue weighted by Crippen LogP contribution is 2.50. The van der Waals surface area contributed by atoms with Crippen molar-refractivity contribution in [2.75, 3.05) is 0 Å². The number of hydrogen-bond donors (Lipinski definition) is 0. The van der Waals surface area contributed by atoms with Crippen molar-refractivity contribution in [3.05, 3.63) is 211 Å². The van der Waals surface area contributed by atoms with E-state index in [-0.39, 0.29) is 5.41 Å². The Balaban J connectivity index is 1.05. The van der Waals surface area contributed by atoms with Gasteiger partial charge in [0.2, 0.25) is 5.95 Å². The van der Waals surface area contributed by atoms with Crippen molar-refractivity contribution in [2.24, 2.45) is 0 Å². The largest absolute Gasteiger partial charge is 0.277 e.